The van der Waals surface area contributed by atoms with E-state index in [0.717, 1.165) is 42.7 Å². The molecule has 0 bridgehead atoms. The van der Waals surface area contributed by atoms with Gasteiger partial charge in [-0.25, -0.2) is 0 Å². The molecule has 0 spiro atoms. The van der Waals surface area contributed by atoms with Gasteiger partial charge in [-0.1, -0.05) is 72.3 Å². The summed E-state index contributed by atoms with van der Waals surface area (Å²) in [6, 6.07) is 26.7. The van der Waals surface area contributed by atoms with Crippen molar-refractivity contribution in [2.75, 3.05) is 25.0 Å². The number of para-hydroxylation sites is 1. The molecule has 0 aliphatic carbocycles. The number of benzene rings is 3. The summed E-state index contributed by atoms with van der Waals surface area (Å²) >= 11 is 6.05. The summed E-state index contributed by atoms with van der Waals surface area (Å²) < 4.78 is 0. The van der Waals surface area contributed by atoms with Gasteiger partial charge >= 0.3 is 0 Å². The maximum atomic E-state index is 12.9. The molecule has 170 valence electrons. The molecule has 6 heteroatoms. The SMILES string of the molecule is O=C(CN1CCC(C(=O)Nc2ccccc2)CC1)N[C@H](c1ccccc1)c1ccc(Cl)cc1. The minimum absolute atomic E-state index is 0.0318. The zero-order valence-corrected chi connectivity index (χ0v) is 19.2. The lowest BCUT2D eigenvalue weighted by Crippen LogP contribution is -2.44. The predicted octanol–water partition coefficient (Wildman–Crippen LogP) is 4.90. The molecule has 4 rings (SSSR count). The van der Waals surface area contributed by atoms with Crippen molar-refractivity contribution in [1.29, 1.82) is 0 Å². The van der Waals surface area contributed by atoms with Gasteiger partial charge in [-0.2, -0.15) is 0 Å². The Labute approximate surface area is 199 Å². The van der Waals surface area contributed by atoms with Crippen LogP contribution in [0.5, 0.6) is 0 Å². The first kappa shape index (κ1) is 23.0. The van der Waals surface area contributed by atoms with Crippen LogP contribution < -0.4 is 10.6 Å². The molecule has 0 aromatic heterocycles. The van der Waals surface area contributed by atoms with Crippen LogP contribution in [0.2, 0.25) is 5.02 Å². The molecule has 33 heavy (non-hydrogen) atoms. The normalized spacial score (nSPS) is 15.5. The summed E-state index contributed by atoms with van der Waals surface area (Å²) in [5.41, 5.74) is 2.82. The molecule has 2 amide bonds. The van der Waals surface area contributed by atoms with Crippen molar-refractivity contribution in [1.82, 2.24) is 10.2 Å². The standard InChI is InChI=1S/C27H28ClN3O2/c28-23-13-11-21(12-14-23)26(20-7-3-1-4-8-20)30-25(32)19-31-17-15-22(16-18-31)27(33)29-24-9-5-2-6-10-24/h1-14,22,26H,15-19H2,(H,29,33)(H,30,32)/t26-/m1/s1. The number of likely N-dealkylation sites (tertiary alicyclic amines) is 1. The number of halogens is 1. The van der Waals surface area contributed by atoms with E-state index in [9.17, 15) is 9.59 Å². The Morgan fingerprint density at radius 2 is 1.42 bits per heavy atom. The molecular weight excluding hydrogens is 434 g/mol. The van der Waals surface area contributed by atoms with Gasteiger partial charge in [0.1, 0.15) is 0 Å². The van der Waals surface area contributed by atoms with E-state index in [1.54, 1.807) is 0 Å². The second-order valence-corrected chi connectivity index (χ2v) is 8.80. The summed E-state index contributed by atoms with van der Waals surface area (Å²) in [6.07, 6.45) is 1.48. The molecule has 2 N–H and O–H groups in total. The third-order valence-electron chi connectivity index (χ3n) is 6.01. The first-order valence-electron chi connectivity index (χ1n) is 11.3. The Hall–Kier alpha value is -3.15. The number of rotatable bonds is 7. The van der Waals surface area contributed by atoms with Crippen LogP contribution in [-0.4, -0.2) is 36.3 Å². The highest BCUT2D eigenvalue weighted by Crippen LogP contribution is 2.24. The summed E-state index contributed by atoms with van der Waals surface area (Å²) in [5, 5.41) is 6.83. The molecule has 5 nitrogen and oxygen atoms in total. The van der Waals surface area contributed by atoms with E-state index in [1.807, 2.05) is 84.9 Å². The lowest BCUT2D eigenvalue weighted by atomic mass is 9.95. The lowest BCUT2D eigenvalue weighted by molar-refractivity contribution is -0.123. The Bertz CT molecular complexity index is 1050. The summed E-state index contributed by atoms with van der Waals surface area (Å²) in [4.78, 5) is 27.6. The maximum absolute atomic E-state index is 12.9. The Morgan fingerprint density at radius 1 is 0.848 bits per heavy atom. The summed E-state index contributed by atoms with van der Waals surface area (Å²) in [7, 11) is 0. The minimum Gasteiger partial charge on any atom is -0.344 e. The number of hydrogen-bond acceptors (Lipinski definition) is 3. The fraction of sp³-hybridized carbons (Fsp3) is 0.259. The van der Waals surface area contributed by atoms with E-state index in [2.05, 4.69) is 15.5 Å². The Morgan fingerprint density at radius 3 is 2.06 bits per heavy atom. The van der Waals surface area contributed by atoms with Crippen LogP contribution in [0, 0.1) is 5.92 Å². The van der Waals surface area contributed by atoms with Gasteiger partial charge in [-0.3, -0.25) is 14.5 Å². The van der Waals surface area contributed by atoms with E-state index in [0.29, 0.717) is 11.6 Å². The van der Waals surface area contributed by atoms with Gasteiger partial charge in [0.05, 0.1) is 12.6 Å². The minimum atomic E-state index is -0.245. The van der Waals surface area contributed by atoms with Crippen LogP contribution in [0.4, 0.5) is 5.69 Å². The van der Waals surface area contributed by atoms with Crippen molar-refractivity contribution in [3.63, 3.8) is 0 Å². The largest absolute Gasteiger partial charge is 0.344 e. The molecule has 1 heterocycles. The third kappa shape index (κ3) is 6.44. The van der Waals surface area contributed by atoms with Crippen molar-refractivity contribution < 1.29 is 9.59 Å². The van der Waals surface area contributed by atoms with Crippen molar-refractivity contribution >= 4 is 29.1 Å². The topological polar surface area (TPSA) is 61.4 Å². The Kier molecular flexibility index (Phi) is 7.76. The van der Waals surface area contributed by atoms with E-state index in [4.69, 9.17) is 11.6 Å². The number of nitrogens with one attached hydrogen (secondary N) is 2. The molecule has 0 unspecified atom stereocenters. The number of carbonyl (C=O) groups is 2. The van der Waals surface area contributed by atoms with Gasteiger partial charge < -0.3 is 10.6 Å². The summed E-state index contributed by atoms with van der Waals surface area (Å²) in [6.45, 7) is 1.75. The van der Waals surface area contributed by atoms with Crippen molar-refractivity contribution in [2.45, 2.75) is 18.9 Å². The molecule has 0 saturated carbocycles. The number of piperidine rings is 1. The highest BCUT2D eigenvalue weighted by molar-refractivity contribution is 6.30. The lowest BCUT2D eigenvalue weighted by Gasteiger charge is -2.31. The second kappa shape index (κ2) is 11.1. The zero-order chi connectivity index (χ0) is 23.0. The molecule has 3 aromatic rings. The second-order valence-electron chi connectivity index (χ2n) is 8.37. The highest BCUT2D eigenvalue weighted by Gasteiger charge is 2.26. The molecule has 1 atom stereocenters. The predicted molar refractivity (Wildman–Crippen MR) is 132 cm³/mol. The number of carbonyl (C=O) groups excluding carboxylic acids is 2. The van der Waals surface area contributed by atoms with Crippen LogP contribution in [0.3, 0.4) is 0 Å². The number of hydrogen-bond donors (Lipinski definition) is 2. The van der Waals surface area contributed by atoms with Gasteiger partial charge in [0.25, 0.3) is 0 Å². The molecular formula is C27H28ClN3O2. The Balaban J connectivity index is 1.32. The van der Waals surface area contributed by atoms with Crippen molar-refractivity contribution in [3.05, 3.63) is 101 Å². The van der Waals surface area contributed by atoms with Crippen LogP contribution in [-0.2, 0) is 9.59 Å². The van der Waals surface area contributed by atoms with Crippen molar-refractivity contribution in [3.8, 4) is 0 Å². The highest BCUT2D eigenvalue weighted by atomic mass is 35.5. The van der Waals surface area contributed by atoms with Crippen LogP contribution >= 0.6 is 11.6 Å². The first-order chi connectivity index (χ1) is 16.1. The van der Waals surface area contributed by atoms with E-state index < -0.39 is 0 Å². The first-order valence-corrected chi connectivity index (χ1v) is 11.6. The van der Waals surface area contributed by atoms with Crippen LogP contribution in [0.15, 0.2) is 84.9 Å². The molecule has 1 aliphatic heterocycles. The average Bonchev–Trinajstić information content (AvgIpc) is 2.85. The van der Waals surface area contributed by atoms with E-state index in [-0.39, 0.29) is 23.8 Å². The molecule has 1 fully saturated rings. The molecule has 0 radical (unpaired) electrons. The van der Waals surface area contributed by atoms with Crippen LogP contribution in [0.25, 0.3) is 0 Å². The fourth-order valence-corrected chi connectivity index (χ4v) is 4.31. The van der Waals surface area contributed by atoms with E-state index >= 15 is 0 Å². The zero-order valence-electron chi connectivity index (χ0n) is 18.4. The smallest absolute Gasteiger partial charge is 0.234 e. The maximum Gasteiger partial charge on any atom is 0.234 e. The van der Waals surface area contributed by atoms with Crippen LogP contribution in [0.1, 0.15) is 30.0 Å². The molecule has 1 saturated heterocycles. The fourth-order valence-electron chi connectivity index (χ4n) is 4.19. The number of amides is 2. The van der Waals surface area contributed by atoms with Gasteiger partial charge in [0, 0.05) is 16.6 Å². The van der Waals surface area contributed by atoms with Gasteiger partial charge in [-0.15, -0.1) is 0 Å². The number of nitrogens with zero attached hydrogens (tertiary/aromatic N) is 1. The number of anilines is 1. The molecule has 3 aromatic carbocycles. The van der Waals surface area contributed by atoms with E-state index in [1.165, 1.54) is 0 Å². The van der Waals surface area contributed by atoms with Gasteiger partial charge in [0.15, 0.2) is 0 Å². The summed E-state index contributed by atoms with van der Waals surface area (Å²) in [5.74, 6) is -0.0150. The van der Waals surface area contributed by atoms with Gasteiger partial charge in [0.2, 0.25) is 11.8 Å². The monoisotopic (exact) mass is 461 g/mol. The molecule has 1 aliphatic rings. The van der Waals surface area contributed by atoms with Crippen molar-refractivity contribution in [2.24, 2.45) is 5.92 Å². The quantitative estimate of drug-likeness (QED) is 0.526. The third-order valence-corrected chi connectivity index (χ3v) is 6.26. The average molecular weight is 462 g/mol. The van der Waals surface area contributed by atoms with Gasteiger partial charge in [-0.05, 0) is 61.3 Å².